The lowest BCUT2D eigenvalue weighted by Crippen LogP contribution is -1.42. The number of rotatable bonds is 1. The maximum Gasteiger partial charge on any atom is 0.000245 e. The third-order valence-electron chi connectivity index (χ3n) is 0.256. The Hall–Kier alpha value is 0.0300. The number of hydrogen-bond donors (Lipinski definition) is 0. The maximum atomic E-state index is 5.08. The highest BCUT2D eigenvalue weighted by Gasteiger charge is 1.54. The first-order valence-corrected chi connectivity index (χ1v) is 1.90. The van der Waals surface area contributed by atoms with Gasteiger partial charge in [0, 0.05) is 5.54 Å². The van der Waals surface area contributed by atoms with Gasteiger partial charge in [-0.1, -0.05) is 17.7 Å². The van der Waals surface area contributed by atoms with Crippen molar-refractivity contribution >= 4 is 11.6 Å². The number of halogens is 1. The lowest BCUT2D eigenvalue weighted by molar-refractivity contribution is 1.41. The molecule has 0 aliphatic carbocycles. The largest absolute Gasteiger partial charge is 0.0933 e. The average molecular weight is 89.5 g/mol. The lowest BCUT2D eigenvalue weighted by Gasteiger charge is -1.63. The van der Waals surface area contributed by atoms with E-state index in [1.807, 2.05) is 0 Å². The van der Waals surface area contributed by atoms with Crippen molar-refractivity contribution in [1.82, 2.24) is 0 Å². The maximum absolute atomic E-state index is 5.08. The molecule has 0 aromatic heterocycles. The summed E-state index contributed by atoms with van der Waals surface area (Å²) in [5.74, 6) is 0. The van der Waals surface area contributed by atoms with E-state index in [4.69, 9.17) is 11.6 Å². The van der Waals surface area contributed by atoms with Crippen molar-refractivity contribution in [2.75, 3.05) is 0 Å². The molecule has 0 bridgehead atoms. The molecule has 0 aliphatic heterocycles. The van der Waals surface area contributed by atoms with Crippen molar-refractivity contribution in [1.29, 1.82) is 0 Å². The van der Waals surface area contributed by atoms with Crippen LogP contribution in [0.1, 0.15) is 6.42 Å². The second-order valence-corrected chi connectivity index (χ2v) is 0.902. The summed E-state index contributed by atoms with van der Waals surface area (Å²) in [6.07, 6.45) is 2.56. The SMILES string of the molecule is [CH2]CC=CCl. The third kappa shape index (κ3) is 4.03. The number of hydrogen-bond acceptors (Lipinski definition) is 0. The first-order valence-electron chi connectivity index (χ1n) is 1.46. The van der Waals surface area contributed by atoms with Crippen LogP contribution < -0.4 is 0 Å². The minimum Gasteiger partial charge on any atom is -0.0933 e. The summed E-state index contributed by atoms with van der Waals surface area (Å²) in [4.78, 5) is 0. The van der Waals surface area contributed by atoms with Crippen LogP contribution in [0.2, 0.25) is 0 Å². The van der Waals surface area contributed by atoms with Crippen LogP contribution in [0.15, 0.2) is 11.6 Å². The van der Waals surface area contributed by atoms with Crippen LogP contribution >= 0.6 is 11.6 Å². The van der Waals surface area contributed by atoms with Crippen LogP contribution in [0.4, 0.5) is 0 Å². The molecule has 0 atom stereocenters. The van der Waals surface area contributed by atoms with Gasteiger partial charge in [-0.3, -0.25) is 0 Å². The second-order valence-electron chi connectivity index (χ2n) is 0.650. The molecule has 0 aromatic rings. The molecular formula is C4H6Cl. The van der Waals surface area contributed by atoms with Crippen molar-refractivity contribution in [2.45, 2.75) is 6.42 Å². The van der Waals surface area contributed by atoms with Crippen LogP contribution in [0.3, 0.4) is 0 Å². The van der Waals surface area contributed by atoms with E-state index >= 15 is 0 Å². The molecule has 0 nitrogen and oxygen atoms in total. The van der Waals surface area contributed by atoms with Gasteiger partial charge in [-0.15, -0.1) is 0 Å². The van der Waals surface area contributed by atoms with Gasteiger partial charge >= 0.3 is 0 Å². The fourth-order valence-corrected chi connectivity index (χ4v) is 0.189. The Morgan fingerprint density at radius 1 is 1.80 bits per heavy atom. The fraction of sp³-hybridized carbons (Fsp3) is 0.250. The summed E-state index contributed by atoms with van der Waals surface area (Å²) in [5.41, 5.74) is 1.47. The standard InChI is InChI=1S/C4H6Cl/c1-2-3-4-5/h3-4H,1-2H2. The average Bonchev–Trinajstić information content (AvgIpc) is 1.41. The molecule has 0 aromatic carbocycles. The summed E-state index contributed by atoms with van der Waals surface area (Å²) in [7, 11) is 0. The smallest absolute Gasteiger partial charge is 0.000245 e. The Balaban J connectivity index is 2.62. The van der Waals surface area contributed by atoms with Crippen LogP contribution in [-0.4, -0.2) is 0 Å². The molecule has 29 valence electrons. The van der Waals surface area contributed by atoms with Gasteiger partial charge in [0.2, 0.25) is 0 Å². The van der Waals surface area contributed by atoms with Gasteiger partial charge in [-0.05, 0) is 13.3 Å². The van der Waals surface area contributed by atoms with Gasteiger partial charge in [-0.2, -0.15) is 0 Å². The molecule has 5 heavy (non-hydrogen) atoms. The summed E-state index contributed by atoms with van der Waals surface area (Å²) >= 11 is 5.08. The van der Waals surface area contributed by atoms with Crippen molar-refractivity contribution < 1.29 is 0 Å². The van der Waals surface area contributed by atoms with E-state index in [1.54, 1.807) is 6.08 Å². The van der Waals surface area contributed by atoms with Crippen LogP contribution in [0.25, 0.3) is 0 Å². The number of allylic oxidation sites excluding steroid dienone is 1. The molecule has 0 aliphatic rings. The molecule has 0 amide bonds. The van der Waals surface area contributed by atoms with E-state index in [-0.39, 0.29) is 0 Å². The molecule has 0 fully saturated rings. The zero-order chi connectivity index (χ0) is 4.12. The first kappa shape index (κ1) is 5.03. The lowest BCUT2D eigenvalue weighted by atomic mass is 10.5. The van der Waals surface area contributed by atoms with Gasteiger partial charge in [0.15, 0.2) is 0 Å². The molecule has 0 heterocycles. The topological polar surface area (TPSA) is 0 Å². The van der Waals surface area contributed by atoms with E-state index in [9.17, 15) is 0 Å². The highest BCUT2D eigenvalue weighted by molar-refractivity contribution is 6.25. The predicted octanol–water partition coefficient (Wildman–Crippen LogP) is 1.96. The van der Waals surface area contributed by atoms with E-state index in [0.717, 1.165) is 6.42 Å². The van der Waals surface area contributed by atoms with Gasteiger partial charge in [-0.25, -0.2) is 0 Å². The Bertz CT molecular complexity index is 30.6. The molecule has 0 rings (SSSR count). The van der Waals surface area contributed by atoms with Crippen LogP contribution in [0, 0.1) is 6.92 Å². The third-order valence-corrected chi connectivity index (χ3v) is 0.434. The molecular weight excluding hydrogens is 83.5 g/mol. The van der Waals surface area contributed by atoms with Crippen molar-refractivity contribution in [3.63, 3.8) is 0 Å². The Kier molecular flexibility index (Phi) is 4.05. The normalized spacial score (nSPS) is 10.0. The van der Waals surface area contributed by atoms with E-state index < -0.39 is 0 Å². The van der Waals surface area contributed by atoms with Crippen LogP contribution in [0.5, 0.6) is 0 Å². The van der Waals surface area contributed by atoms with Crippen molar-refractivity contribution in [3.8, 4) is 0 Å². The van der Waals surface area contributed by atoms with E-state index in [0.29, 0.717) is 0 Å². The van der Waals surface area contributed by atoms with E-state index in [2.05, 4.69) is 6.92 Å². The molecule has 0 spiro atoms. The van der Waals surface area contributed by atoms with Gasteiger partial charge in [0.05, 0.1) is 0 Å². The molecule has 0 saturated heterocycles. The first-order chi connectivity index (χ1) is 2.41. The Labute approximate surface area is 37.4 Å². The van der Waals surface area contributed by atoms with E-state index in [1.165, 1.54) is 5.54 Å². The highest BCUT2D eigenvalue weighted by Crippen LogP contribution is 1.79. The predicted molar refractivity (Wildman–Crippen MR) is 25.0 cm³/mol. The minimum atomic E-state index is 0.781. The van der Waals surface area contributed by atoms with Gasteiger partial charge in [0.1, 0.15) is 0 Å². The fourth-order valence-electron chi connectivity index (χ4n) is 0.0630. The van der Waals surface area contributed by atoms with Gasteiger partial charge in [0.25, 0.3) is 0 Å². The summed E-state index contributed by atoms with van der Waals surface area (Å²) in [5, 5.41) is 0. The quantitative estimate of drug-likeness (QED) is 0.461. The Morgan fingerprint density at radius 3 is 2.40 bits per heavy atom. The summed E-state index contributed by atoms with van der Waals surface area (Å²) in [6, 6.07) is 0. The minimum absolute atomic E-state index is 0.781. The zero-order valence-corrected chi connectivity index (χ0v) is 3.70. The van der Waals surface area contributed by atoms with Gasteiger partial charge < -0.3 is 0 Å². The van der Waals surface area contributed by atoms with Crippen LogP contribution in [-0.2, 0) is 0 Å². The summed E-state index contributed by atoms with van der Waals surface area (Å²) < 4.78 is 0. The highest BCUT2D eigenvalue weighted by atomic mass is 35.5. The molecule has 0 saturated carbocycles. The molecule has 1 heteroatoms. The molecule has 1 radical (unpaired) electrons. The second kappa shape index (κ2) is 4.03. The summed E-state index contributed by atoms with van der Waals surface area (Å²) in [6.45, 7) is 3.50. The zero-order valence-electron chi connectivity index (χ0n) is 2.95. The molecule has 0 N–H and O–H groups in total. The monoisotopic (exact) mass is 89.0 g/mol. The Morgan fingerprint density at radius 2 is 2.40 bits per heavy atom. The molecule has 0 unspecified atom stereocenters. The van der Waals surface area contributed by atoms with Crippen molar-refractivity contribution in [2.24, 2.45) is 0 Å². The van der Waals surface area contributed by atoms with Crippen molar-refractivity contribution in [3.05, 3.63) is 18.5 Å².